The highest BCUT2D eigenvalue weighted by atomic mass is 19.1. The number of carbonyl (C=O) groups excluding carboxylic acids is 2. The van der Waals surface area contributed by atoms with Gasteiger partial charge in [0.2, 0.25) is 11.8 Å². The molecule has 2 amide bonds. The van der Waals surface area contributed by atoms with Gasteiger partial charge in [-0.25, -0.2) is 4.39 Å². The average Bonchev–Trinajstić information content (AvgIpc) is 3.45. The van der Waals surface area contributed by atoms with Gasteiger partial charge in [-0.05, 0) is 61.4 Å². The zero-order valence-corrected chi connectivity index (χ0v) is 17.3. The van der Waals surface area contributed by atoms with Crippen LogP contribution in [0.5, 0.6) is 0 Å². The lowest BCUT2D eigenvalue weighted by molar-refractivity contribution is -0.129. The lowest BCUT2D eigenvalue weighted by Crippen LogP contribution is -2.32. The first kappa shape index (κ1) is 22.0. The molecular formula is C23H25FN4O3. The van der Waals surface area contributed by atoms with Crippen LogP contribution in [0.1, 0.15) is 24.3 Å². The average molecular weight is 424 g/mol. The van der Waals surface area contributed by atoms with Gasteiger partial charge >= 0.3 is 0 Å². The smallest absolute Gasteiger partial charge is 0.244 e. The van der Waals surface area contributed by atoms with Crippen molar-refractivity contribution in [3.05, 3.63) is 72.1 Å². The maximum absolute atomic E-state index is 13.0. The zero-order valence-electron chi connectivity index (χ0n) is 17.3. The molecule has 162 valence electrons. The monoisotopic (exact) mass is 424 g/mol. The summed E-state index contributed by atoms with van der Waals surface area (Å²) in [5, 5.41) is 9.92. The van der Waals surface area contributed by atoms with Gasteiger partial charge in [-0.1, -0.05) is 0 Å². The fourth-order valence-corrected chi connectivity index (χ4v) is 2.98. The molecule has 0 saturated heterocycles. The van der Waals surface area contributed by atoms with Crippen molar-refractivity contribution in [3.63, 3.8) is 0 Å². The van der Waals surface area contributed by atoms with Crippen molar-refractivity contribution < 1.29 is 18.4 Å². The molecule has 3 aromatic rings. The van der Waals surface area contributed by atoms with Crippen molar-refractivity contribution in [3.8, 4) is 11.3 Å². The minimum Gasteiger partial charge on any atom is -0.465 e. The highest BCUT2D eigenvalue weighted by Gasteiger charge is 2.10. The van der Waals surface area contributed by atoms with Crippen LogP contribution in [0.3, 0.4) is 0 Å². The molecule has 0 atom stereocenters. The molecule has 0 spiro atoms. The van der Waals surface area contributed by atoms with Gasteiger partial charge < -0.3 is 14.6 Å². The first-order valence-corrected chi connectivity index (χ1v) is 10.0. The van der Waals surface area contributed by atoms with E-state index in [4.69, 9.17) is 4.42 Å². The fourth-order valence-electron chi connectivity index (χ4n) is 2.98. The van der Waals surface area contributed by atoms with Crippen LogP contribution < -0.4 is 5.32 Å². The van der Waals surface area contributed by atoms with Crippen LogP contribution in [0.4, 0.5) is 4.39 Å². The van der Waals surface area contributed by atoms with Crippen molar-refractivity contribution in [2.24, 2.45) is 0 Å². The lowest BCUT2D eigenvalue weighted by atomic mass is 10.1. The summed E-state index contributed by atoms with van der Waals surface area (Å²) >= 11 is 0. The molecule has 0 bridgehead atoms. The van der Waals surface area contributed by atoms with Crippen LogP contribution in [-0.2, 0) is 16.0 Å². The molecule has 0 aliphatic carbocycles. The molecule has 0 aliphatic rings. The van der Waals surface area contributed by atoms with Gasteiger partial charge in [0.25, 0.3) is 0 Å². The van der Waals surface area contributed by atoms with E-state index in [9.17, 15) is 14.0 Å². The van der Waals surface area contributed by atoms with E-state index in [1.54, 1.807) is 42.3 Å². The van der Waals surface area contributed by atoms with E-state index in [1.165, 1.54) is 24.5 Å². The van der Waals surface area contributed by atoms with Gasteiger partial charge in [-0.2, -0.15) is 5.10 Å². The summed E-state index contributed by atoms with van der Waals surface area (Å²) in [6.45, 7) is 0.863. The van der Waals surface area contributed by atoms with E-state index in [-0.39, 0.29) is 30.6 Å². The van der Waals surface area contributed by atoms with Gasteiger partial charge in [0.05, 0.1) is 12.0 Å². The molecule has 3 rings (SSSR count). The third kappa shape index (κ3) is 6.95. The van der Waals surface area contributed by atoms with Gasteiger partial charge in [-0.3, -0.25) is 14.7 Å². The molecule has 0 fully saturated rings. The van der Waals surface area contributed by atoms with Crippen LogP contribution in [0.25, 0.3) is 17.3 Å². The minimum absolute atomic E-state index is 0.0353. The number of amides is 2. The zero-order chi connectivity index (χ0) is 22.1. The second kappa shape index (κ2) is 10.9. The number of hydrogen-bond donors (Lipinski definition) is 2. The first-order valence-electron chi connectivity index (χ1n) is 10.0. The molecule has 31 heavy (non-hydrogen) atoms. The van der Waals surface area contributed by atoms with Crippen molar-refractivity contribution in [2.45, 2.75) is 19.3 Å². The standard InChI is InChI=1S/C23H25FN4O3/c1-28(23(30)12-13-25-22(29)11-10-20-5-3-15-31-20)14-2-4-19-16-21(27-26-19)17-6-8-18(24)9-7-17/h3,5-11,15-16H,2,4,12-14H2,1H3,(H,25,29)(H,26,27). The summed E-state index contributed by atoms with van der Waals surface area (Å²) in [6, 6.07) is 11.6. The molecule has 0 aliphatic heterocycles. The maximum atomic E-state index is 13.0. The third-order valence-electron chi connectivity index (χ3n) is 4.72. The number of benzene rings is 1. The van der Waals surface area contributed by atoms with E-state index < -0.39 is 0 Å². The van der Waals surface area contributed by atoms with Gasteiger partial charge in [0.15, 0.2) is 0 Å². The van der Waals surface area contributed by atoms with E-state index >= 15 is 0 Å². The van der Waals surface area contributed by atoms with Crippen LogP contribution in [0.15, 0.2) is 59.2 Å². The highest BCUT2D eigenvalue weighted by Crippen LogP contribution is 2.18. The third-order valence-corrected chi connectivity index (χ3v) is 4.72. The quantitative estimate of drug-likeness (QED) is 0.488. The highest BCUT2D eigenvalue weighted by molar-refractivity contribution is 5.91. The topological polar surface area (TPSA) is 91.2 Å². The summed E-state index contributed by atoms with van der Waals surface area (Å²) in [4.78, 5) is 25.6. The number of furan rings is 1. The van der Waals surface area contributed by atoms with E-state index in [0.717, 1.165) is 29.8 Å². The Morgan fingerprint density at radius 2 is 2.06 bits per heavy atom. The Kier molecular flexibility index (Phi) is 7.75. The molecule has 0 saturated carbocycles. The molecular weight excluding hydrogens is 399 g/mol. The Morgan fingerprint density at radius 1 is 1.26 bits per heavy atom. The molecule has 2 heterocycles. The molecule has 2 aromatic heterocycles. The van der Waals surface area contributed by atoms with Crippen molar-refractivity contribution in [2.75, 3.05) is 20.1 Å². The predicted molar refractivity (Wildman–Crippen MR) is 115 cm³/mol. The number of rotatable bonds is 10. The number of nitrogens with one attached hydrogen (secondary N) is 2. The number of carbonyl (C=O) groups is 2. The summed E-state index contributed by atoms with van der Waals surface area (Å²) in [5.41, 5.74) is 2.56. The number of aromatic nitrogens is 2. The normalized spacial score (nSPS) is 11.0. The van der Waals surface area contributed by atoms with Crippen molar-refractivity contribution >= 4 is 17.9 Å². The second-order valence-corrected chi connectivity index (χ2v) is 7.09. The number of H-pyrrole nitrogens is 1. The fraction of sp³-hybridized carbons (Fsp3) is 0.261. The van der Waals surface area contributed by atoms with Crippen LogP contribution in [0, 0.1) is 5.82 Å². The Morgan fingerprint density at radius 3 is 2.81 bits per heavy atom. The van der Waals surface area contributed by atoms with Crippen LogP contribution >= 0.6 is 0 Å². The van der Waals surface area contributed by atoms with E-state index in [2.05, 4.69) is 15.5 Å². The largest absolute Gasteiger partial charge is 0.465 e. The molecule has 1 aromatic carbocycles. The molecule has 8 heteroatoms. The van der Waals surface area contributed by atoms with Crippen LogP contribution in [0.2, 0.25) is 0 Å². The SMILES string of the molecule is CN(CCCc1cc(-c2ccc(F)cc2)n[nH]1)C(=O)CCNC(=O)C=Cc1ccco1. The summed E-state index contributed by atoms with van der Waals surface area (Å²) < 4.78 is 18.1. The summed E-state index contributed by atoms with van der Waals surface area (Å²) in [7, 11) is 1.75. The van der Waals surface area contributed by atoms with E-state index in [0.29, 0.717) is 12.3 Å². The lowest BCUT2D eigenvalue weighted by Gasteiger charge is -2.16. The van der Waals surface area contributed by atoms with Crippen LogP contribution in [-0.4, -0.2) is 47.0 Å². The molecule has 0 unspecified atom stereocenters. The minimum atomic E-state index is -0.280. The first-order chi connectivity index (χ1) is 15.0. The van der Waals surface area contributed by atoms with E-state index in [1.807, 2.05) is 6.07 Å². The number of aromatic amines is 1. The Hall–Kier alpha value is -3.68. The van der Waals surface area contributed by atoms with Gasteiger partial charge in [0.1, 0.15) is 11.6 Å². The van der Waals surface area contributed by atoms with Gasteiger partial charge in [0, 0.05) is 43.9 Å². The Balaban J connectivity index is 1.34. The maximum Gasteiger partial charge on any atom is 0.244 e. The molecule has 0 radical (unpaired) electrons. The Bertz CT molecular complexity index is 1010. The van der Waals surface area contributed by atoms with Crippen molar-refractivity contribution in [1.82, 2.24) is 20.4 Å². The number of aryl methyl sites for hydroxylation is 1. The summed E-state index contributed by atoms with van der Waals surface area (Å²) in [5.74, 6) is 0.000110. The number of nitrogens with zero attached hydrogens (tertiary/aromatic N) is 2. The Labute approximate surface area is 179 Å². The predicted octanol–water partition coefficient (Wildman–Crippen LogP) is 3.42. The summed E-state index contributed by atoms with van der Waals surface area (Å²) in [6.07, 6.45) is 6.21. The van der Waals surface area contributed by atoms with Gasteiger partial charge in [-0.15, -0.1) is 0 Å². The molecule has 7 nitrogen and oxygen atoms in total. The second-order valence-electron chi connectivity index (χ2n) is 7.09. The number of halogens is 1. The number of hydrogen-bond acceptors (Lipinski definition) is 4. The molecule has 2 N–H and O–H groups in total. The van der Waals surface area contributed by atoms with Crippen molar-refractivity contribution in [1.29, 1.82) is 0 Å².